The molecule has 0 heterocycles. The number of carboxylic acid groups (broad SMARTS) is 1. The number of hydrogen-bond donors (Lipinski definition) is 1. The Bertz CT molecular complexity index is 247. The molecule has 3 atom stereocenters. The molecule has 4 heteroatoms. The van der Waals surface area contributed by atoms with Crippen LogP contribution in [0.3, 0.4) is 0 Å². The largest absolute Gasteiger partial charge is 0.481 e. The highest BCUT2D eigenvalue weighted by Gasteiger charge is 2.35. The minimum absolute atomic E-state index is 0.0232. The van der Waals surface area contributed by atoms with E-state index in [0.717, 1.165) is 6.42 Å². The lowest BCUT2D eigenvalue weighted by Gasteiger charge is -2.30. The van der Waals surface area contributed by atoms with Gasteiger partial charge in [0.05, 0.1) is 5.92 Å². The average molecular weight is 198 g/mol. The Morgan fingerprint density at radius 3 is 2.93 bits per heavy atom. The number of carboxylic acids is 1. The number of allylic oxidation sites excluding steroid dienone is 1. The van der Waals surface area contributed by atoms with E-state index >= 15 is 0 Å². The predicted molar refractivity (Wildman–Crippen MR) is 49.6 cm³/mol. The van der Waals surface area contributed by atoms with Gasteiger partial charge in [-0.1, -0.05) is 19.1 Å². The lowest BCUT2D eigenvalue weighted by atomic mass is 9.82. The molecule has 3 unspecified atom stereocenters. The molecule has 0 saturated carbocycles. The molecule has 1 N–H and O–H groups in total. The minimum atomic E-state index is -0.903. The number of rotatable bonds is 4. The van der Waals surface area contributed by atoms with Crippen LogP contribution in [0.5, 0.6) is 0 Å². The summed E-state index contributed by atoms with van der Waals surface area (Å²) in [6.45, 7) is 2.28. The summed E-state index contributed by atoms with van der Waals surface area (Å²) in [7, 11) is 0. The molecule has 0 spiro atoms. The molecule has 0 aromatic carbocycles. The zero-order chi connectivity index (χ0) is 10.6. The van der Waals surface area contributed by atoms with E-state index < -0.39 is 18.0 Å². The molecule has 0 aliphatic heterocycles. The van der Waals surface area contributed by atoms with Crippen molar-refractivity contribution in [1.29, 1.82) is 0 Å². The summed E-state index contributed by atoms with van der Waals surface area (Å²) < 4.78 is 4.85. The standard InChI is InChI=1S/C10H14O4/c1-2-7-4-3-5-8(10(12)13)9(7)14-6-11/h3-4,6-9H,2,5H2,1H3,(H,12,13). The van der Waals surface area contributed by atoms with Gasteiger partial charge in [-0.05, 0) is 12.8 Å². The van der Waals surface area contributed by atoms with Crippen molar-refractivity contribution in [2.24, 2.45) is 11.8 Å². The van der Waals surface area contributed by atoms with E-state index in [9.17, 15) is 9.59 Å². The topological polar surface area (TPSA) is 63.6 Å². The monoisotopic (exact) mass is 198 g/mol. The van der Waals surface area contributed by atoms with Crippen LogP contribution in [0.1, 0.15) is 19.8 Å². The van der Waals surface area contributed by atoms with Gasteiger partial charge >= 0.3 is 5.97 Å². The maximum atomic E-state index is 10.9. The SMILES string of the molecule is CCC1C=CCC(C(=O)O)C1OC=O. The maximum absolute atomic E-state index is 10.9. The van der Waals surface area contributed by atoms with Gasteiger partial charge in [-0.2, -0.15) is 0 Å². The summed E-state index contributed by atoms with van der Waals surface area (Å²) in [6, 6.07) is 0. The summed E-state index contributed by atoms with van der Waals surface area (Å²) in [5.41, 5.74) is 0. The van der Waals surface area contributed by atoms with Crippen molar-refractivity contribution in [3.8, 4) is 0 Å². The summed E-state index contributed by atoms with van der Waals surface area (Å²) in [4.78, 5) is 21.1. The Labute approximate surface area is 82.6 Å². The van der Waals surface area contributed by atoms with Gasteiger partial charge < -0.3 is 9.84 Å². The molecule has 0 saturated heterocycles. The molecular weight excluding hydrogens is 184 g/mol. The molecular formula is C10H14O4. The first-order valence-electron chi connectivity index (χ1n) is 4.69. The fourth-order valence-electron chi connectivity index (χ4n) is 1.81. The van der Waals surface area contributed by atoms with Crippen LogP contribution in [-0.4, -0.2) is 23.7 Å². The van der Waals surface area contributed by atoms with Crippen molar-refractivity contribution < 1.29 is 19.4 Å². The van der Waals surface area contributed by atoms with Crippen molar-refractivity contribution >= 4 is 12.4 Å². The minimum Gasteiger partial charge on any atom is -0.481 e. The van der Waals surface area contributed by atoms with Crippen LogP contribution >= 0.6 is 0 Å². The summed E-state index contributed by atoms with van der Waals surface area (Å²) in [5, 5.41) is 8.92. The molecule has 0 radical (unpaired) electrons. The highest BCUT2D eigenvalue weighted by molar-refractivity contribution is 5.71. The van der Waals surface area contributed by atoms with Gasteiger partial charge in [0.15, 0.2) is 0 Å². The third kappa shape index (κ3) is 2.13. The molecule has 1 rings (SSSR count). The average Bonchev–Trinajstić information content (AvgIpc) is 2.18. The van der Waals surface area contributed by atoms with Gasteiger partial charge in [0, 0.05) is 5.92 Å². The molecule has 1 aliphatic rings. The van der Waals surface area contributed by atoms with Crippen molar-refractivity contribution in [3.05, 3.63) is 12.2 Å². The van der Waals surface area contributed by atoms with Crippen molar-refractivity contribution in [1.82, 2.24) is 0 Å². The number of carbonyl (C=O) groups excluding carboxylic acids is 1. The van der Waals surface area contributed by atoms with Gasteiger partial charge in [-0.3, -0.25) is 9.59 Å². The van der Waals surface area contributed by atoms with Crippen molar-refractivity contribution in [3.63, 3.8) is 0 Å². The van der Waals surface area contributed by atoms with Gasteiger partial charge in [0.1, 0.15) is 6.10 Å². The second-order valence-corrected chi connectivity index (χ2v) is 3.38. The van der Waals surface area contributed by atoms with Gasteiger partial charge in [-0.15, -0.1) is 0 Å². The van der Waals surface area contributed by atoms with E-state index in [1.165, 1.54) is 0 Å². The molecule has 78 valence electrons. The van der Waals surface area contributed by atoms with E-state index in [4.69, 9.17) is 9.84 Å². The Balaban J connectivity index is 2.80. The van der Waals surface area contributed by atoms with Crippen molar-refractivity contribution in [2.45, 2.75) is 25.9 Å². The highest BCUT2D eigenvalue weighted by atomic mass is 16.5. The van der Waals surface area contributed by atoms with Crippen LogP contribution in [0.4, 0.5) is 0 Å². The molecule has 14 heavy (non-hydrogen) atoms. The normalized spacial score (nSPS) is 31.1. The van der Waals surface area contributed by atoms with E-state index in [1.54, 1.807) is 0 Å². The lowest BCUT2D eigenvalue weighted by molar-refractivity contribution is -0.153. The van der Waals surface area contributed by atoms with Crippen LogP contribution in [0.2, 0.25) is 0 Å². The first-order chi connectivity index (χ1) is 6.70. The fraction of sp³-hybridized carbons (Fsp3) is 0.600. The van der Waals surface area contributed by atoms with Crippen LogP contribution in [-0.2, 0) is 14.3 Å². The van der Waals surface area contributed by atoms with Crippen LogP contribution in [0, 0.1) is 11.8 Å². The Morgan fingerprint density at radius 1 is 1.71 bits per heavy atom. The van der Waals surface area contributed by atoms with E-state index in [0.29, 0.717) is 12.9 Å². The number of carbonyl (C=O) groups is 2. The lowest BCUT2D eigenvalue weighted by Crippen LogP contribution is -2.37. The molecule has 0 fully saturated rings. The van der Waals surface area contributed by atoms with E-state index in [1.807, 2.05) is 19.1 Å². The zero-order valence-electron chi connectivity index (χ0n) is 8.05. The van der Waals surface area contributed by atoms with E-state index in [2.05, 4.69) is 0 Å². The Hall–Kier alpha value is -1.32. The smallest absolute Gasteiger partial charge is 0.310 e. The second-order valence-electron chi connectivity index (χ2n) is 3.38. The molecule has 0 aromatic rings. The molecule has 0 amide bonds. The molecule has 4 nitrogen and oxygen atoms in total. The molecule has 1 aliphatic carbocycles. The third-order valence-electron chi connectivity index (χ3n) is 2.59. The Morgan fingerprint density at radius 2 is 2.43 bits per heavy atom. The number of aliphatic carboxylic acids is 1. The van der Waals surface area contributed by atoms with Gasteiger partial charge in [0.2, 0.25) is 0 Å². The zero-order valence-corrected chi connectivity index (χ0v) is 8.05. The summed E-state index contributed by atoms with van der Waals surface area (Å²) in [6.07, 6.45) is 4.47. The quantitative estimate of drug-likeness (QED) is 0.544. The second kappa shape index (κ2) is 4.79. The first kappa shape index (κ1) is 10.8. The van der Waals surface area contributed by atoms with Gasteiger partial charge in [0.25, 0.3) is 6.47 Å². The molecule has 0 bridgehead atoms. The first-order valence-corrected chi connectivity index (χ1v) is 4.69. The number of hydrogen-bond acceptors (Lipinski definition) is 3. The summed E-state index contributed by atoms with van der Waals surface area (Å²) in [5.74, 6) is -1.48. The van der Waals surface area contributed by atoms with Crippen molar-refractivity contribution in [2.75, 3.05) is 0 Å². The van der Waals surface area contributed by atoms with Crippen LogP contribution in [0.25, 0.3) is 0 Å². The third-order valence-corrected chi connectivity index (χ3v) is 2.59. The van der Waals surface area contributed by atoms with Gasteiger partial charge in [-0.25, -0.2) is 0 Å². The molecule has 0 aromatic heterocycles. The Kier molecular flexibility index (Phi) is 3.68. The van der Waals surface area contributed by atoms with E-state index in [-0.39, 0.29) is 5.92 Å². The highest BCUT2D eigenvalue weighted by Crippen LogP contribution is 2.28. The van der Waals surface area contributed by atoms with Crippen LogP contribution < -0.4 is 0 Å². The van der Waals surface area contributed by atoms with Crippen LogP contribution in [0.15, 0.2) is 12.2 Å². The summed E-state index contributed by atoms with van der Waals surface area (Å²) >= 11 is 0. The predicted octanol–water partition coefficient (Wildman–Crippen LogP) is 1.21. The maximum Gasteiger partial charge on any atom is 0.310 e. The number of ether oxygens (including phenoxy) is 1. The fourth-order valence-corrected chi connectivity index (χ4v) is 1.81.